The Labute approximate surface area is 93.7 Å². The van der Waals surface area contributed by atoms with Gasteiger partial charge in [0.05, 0.1) is 0 Å². The molecule has 1 aliphatic carbocycles. The van der Waals surface area contributed by atoms with Gasteiger partial charge in [-0.2, -0.15) is 0 Å². The Balaban J connectivity index is 2.17. The lowest BCUT2D eigenvalue weighted by molar-refractivity contribution is 0.168. The van der Waals surface area contributed by atoms with Crippen LogP contribution in [0.1, 0.15) is 51.5 Å². The predicted molar refractivity (Wildman–Crippen MR) is 66.0 cm³/mol. The maximum atomic E-state index is 2.42. The standard InChI is InChI=1S/C15H22/c1-12-9-14(11-15(2,3)10-12)13-7-5-4-6-8-13/h4-8,12,14H,9-11H2,1-3H3. The van der Waals surface area contributed by atoms with E-state index in [1.165, 1.54) is 24.8 Å². The van der Waals surface area contributed by atoms with E-state index in [1.807, 2.05) is 0 Å². The van der Waals surface area contributed by atoms with E-state index in [9.17, 15) is 0 Å². The molecule has 2 atom stereocenters. The van der Waals surface area contributed by atoms with Crippen molar-refractivity contribution in [1.82, 2.24) is 0 Å². The summed E-state index contributed by atoms with van der Waals surface area (Å²) in [5, 5.41) is 0. The highest BCUT2D eigenvalue weighted by Crippen LogP contribution is 2.45. The van der Waals surface area contributed by atoms with E-state index >= 15 is 0 Å². The summed E-state index contributed by atoms with van der Waals surface area (Å²) < 4.78 is 0. The van der Waals surface area contributed by atoms with Gasteiger partial charge in [-0.1, -0.05) is 51.1 Å². The van der Waals surface area contributed by atoms with E-state index < -0.39 is 0 Å². The van der Waals surface area contributed by atoms with E-state index in [0.717, 1.165) is 11.8 Å². The van der Waals surface area contributed by atoms with Gasteiger partial charge in [-0.15, -0.1) is 0 Å². The third kappa shape index (κ3) is 2.62. The fourth-order valence-corrected chi connectivity index (χ4v) is 3.33. The molecular formula is C15H22. The first-order valence-corrected chi connectivity index (χ1v) is 6.12. The van der Waals surface area contributed by atoms with Crippen LogP contribution in [0.3, 0.4) is 0 Å². The first-order chi connectivity index (χ1) is 7.07. The van der Waals surface area contributed by atoms with E-state index in [4.69, 9.17) is 0 Å². The maximum absolute atomic E-state index is 2.42. The van der Waals surface area contributed by atoms with Crippen molar-refractivity contribution in [2.45, 2.75) is 46.0 Å². The summed E-state index contributed by atoms with van der Waals surface area (Å²) in [6.07, 6.45) is 4.10. The summed E-state index contributed by atoms with van der Waals surface area (Å²) in [4.78, 5) is 0. The van der Waals surface area contributed by atoms with E-state index in [-0.39, 0.29) is 0 Å². The summed E-state index contributed by atoms with van der Waals surface area (Å²) in [7, 11) is 0. The molecule has 1 aromatic carbocycles. The van der Waals surface area contributed by atoms with Gasteiger partial charge in [0.15, 0.2) is 0 Å². The summed E-state index contributed by atoms with van der Waals surface area (Å²) in [5.74, 6) is 1.66. The van der Waals surface area contributed by atoms with Crippen LogP contribution in [0.25, 0.3) is 0 Å². The topological polar surface area (TPSA) is 0 Å². The summed E-state index contributed by atoms with van der Waals surface area (Å²) >= 11 is 0. The molecule has 0 spiro atoms. The van der Waals surface area contributed by atoms with Crippen molar-refractivity contribution in [2.75, 3.05) is 0 Å². The quantitative estimate of drug-likeness (QED) is 0.623. The van der Waals surface area contributed by atoms with Crippen LogP contribution in [0.2, 0.25) is 0 Å². The van der Waals surface area contributed by atoms with Gasteiger partial charge in [0, 0.05) is 0 Å². The fraction of sp³-hybridized carbons (Fsp3) is 0.600. The molecule has 1 fully saturated rings. The minimum absolute atomic E-state index is 0.526. The average Bonchev–Trinajstić information content (AvgIpc) is 2.16. The minimum atomic E-state index is 0.526. The molecule has 0 nitrogen and oxygen atoms in total. The summed E-state index contributed by atoms with van der Waals surface area (Å²) in [5.41, 5.74) is 2.06. The van der Waals surface area contributed by atoms with Crippen molar-refractivity contribution >= 4 is 0 Å². The Morgan fingerprint density at radius 2 is 1.73 bits per heavy atom. The second-order valence-electron chi connectivity index (χ2n) is 6.02. The fourth-order valence-electron chi connectivity index (χ4n) is 3.33. The molecule has 1 aliphatic rings. The van der Waals surface area contributed by atoms with Crippen molar-refractivity contribution in [1.29, 1.82) is 0 Å². The molecule has 15 heavy (non-hydrogen) atoms. The van der Waals surface area contributed by atoms with Gasteiger partial charge in [0.25, 0.3) is 0 Å². The zero-order valence-corrected chi connectivity index (χ0v) is 10.2. The Bertz CT molecular complexity index is 310. The minimum Gasteiger partial charge on any atom is -0.0625 e. The lowest BCUT2D eigenvalue weighted by atomic mass is 9.66. The third-order valence-electron chi connectivity index (χ3n) is 3.66. The van der Waals surface area contributed by atoms with Crippen molar-refractivity contribution in [3.63, 3.8) is 0 Å². The van der Waals surface area contributed by atoms with Crippen LogP contribution in [0.4, 0.5) is 0 Å². The second kappa shape index (κ2) is 4.00. The Morgan fingerprint density at radius 3 is 2.33 bits per heavy atom. The molecule has 0 bridgehead atoms. The van der Waals surface area contributed by atoms with Gasteiger partial charge < -0.3 is 0 Å². The van der Waals surface area contributed by atoms with Crippen LogP contribution < -0.4 is 0 Å². The van der Waals surface area contributed by atoms with Crippen LogP contribution in [0.15, 0.2) is 30.3 Å². The molecule has 0 radical (unpaired) electrons. The lowest BCUT2D eigenvalue weighted by Crippen LogP contribution is -2.26. The van der Waals surface area contributed by atoms with Gasteiger partial charge in [-0.05, 0) is 42.1 Å². The normalized spacial score (nSPS) is 30.1. The molecule has 0 heteroatoms. The van der Waals surface area contributed by atoms with Gasteiger partial charge in [-0.25, -0.2) is 0 Å². The molecule has 0 N–H and O–H groups in total. The van der Waals surface area contributed by atoms with Gasteiger partial charge in [0.1, 0.15) is 0 Å². The number of hydrogen-bond acceptors (Lipinski definition) is 0. The molecule has 0 aliphatic heterocycles. The Morgan fingerprint density at radius 1 is 1.07 bits per heavy atom. The SMILES string of the molecule is CC1CC(c2ccccc2)CC(C)(C)C1. The zero-order chi connectivity index (χ0) is 10.9. The Hall–Kier alpha value is -0.780. The molecule has 2 unspecified atom stereocenters. The molecule has 0 saturated heterocycles. The van der Waals surface area contributed by atoms with E-state index in [0.29, 0.717) is 5.41 Å². The monoisotopic (exact) mass is 202 g/mol. The molecule has 0 heterocycles. The number of rotatable bonds is 1. The van der Waals surface area contributed by atoms with Crippen LogP contribution in [0, 0.1) is 11.3 Å². The van der Waals surface area contributed by atoms with Crippen LogP contribution in [0.5, 0.6) is 0 Å². The zero-order valence-electron chi connectivity index (χ0n) is 10.2. The van der Waals surface area contributed by atoms with Crippen LogP contribution >= 0.6 is 0 Å². The number of hydrogen-bond donors (Lipinski definition) is 0. The smallest absolute Gasteiger partial charge is 0.0154 e. The first-order valence-electron chi connectivity index (χ1n) is 6.12. The molecule has 0 aromatic heterocycles. The van der Waals surface area contributed by atoms with Crippen LogP contribution in [-0.4, -0.2) is 0 Å². The van der Waals surface area contributed by atoms with Gasteiger partial charge in [-0.3, -0.25) is 0 Å². The maximum Gasteiger partial charge on any atom is -0.0154 e. The van der Waals surface area contributed by atoms with Gasteiger partial charge in [0.2, 0.25) is 0 Å². The number of benzene rings is 1. The highest BCUT2D eigenvalue weighted by Gasteiger charge is 2.32. The van der Waals surface area contributed by atoms with Crippen LogP contribution in [-0.2, 0) is 0 Å². The van der Waals surface area contributed by atoms with E-state index in [1.54, 1.807) is 0 Å². The molecule has 1 saturated carbocycles. The average molecular weight is 202 g/mol. The van der Waals surface area contributed by atoms with Gasteiger partial charge >= 0.3 is 0 Å². The molecule has 82 valence electrons. The van der Waals surface area contributed by atoms with Crippen molar-refractivity contribution in [3.8, 4) is 0 Å². The predicted octanol–water partition coefficient (Wildman–Crippen LogP) is 4.62. The molecular weight excluding hydrogens is 180 g/mol. The molecule has 0 amide bonds. The van der Waals surface area contributed by atoms with E-state index in [2.05, 4.69) is 51.1 Å². The first kappa shape index (κ1) is 10.7. The Kier molecular flexibility index (Phi) is 2.86. The van der Waals surface area contributed by atoms with Crippen molar-refractivity contribution in [3.05, 3.63) is 35.9 Å². The lowest BCUT2D eigenvalue weighted by Gasteiger charge is -2.39. The van der Waals surface area contributed by atoms with Crippen molar-refractivity contribution < 1.29 is 0 Å². The summed E-state index contributed by atoms with van der Waals surface area (Å²) in [6.45, 7) is 7.23. The molecule has 2 rings (SSSR count). The molecule has 1 aromatic rings. The second-order valence-corrected chi connectivity index (χ2v) is 6.02. The van der Waals surface area contributed by atoms with Crippen molar-refractivity contribution in [2.24, 2.45) is 11.3 Å². The highest BCUT2D eigenvalue weighted by molar-refractivity contribution is 5.20. The highest BCUT2D eigenvalue weighted by atomic mass is 14.4. The largest absolute Gasteiger partial charge is 0.0625 e. The third-order valence-corrected chi connectivity index (χ3v) is 3.66. The summed E-state index contributed by atoms with van der Waals surface area (Å²) in [6, 6.07) is 11.0.